The Kier molecular flexibility index (Phi) is 7.10. The van der Waals surface area contributed by atoms with Crippen LogP contribution in [0.3, 0.4) is 0 Å². The number of phenolic OH excluding ortho intramolecular Hbond substituents is 1. The number of aromatic hydroxyl groups is 1. The Bertz CT molecular complexity index is 863. The van der Waals surface area contributed by atoms with Crippen LogP contribution in [0.5, 0.6) is 17.2 Å². The van der Waals surface area contributed by atoms with Crippen LogP contribution in [-0.2, 0) is 4.79 Å². The van der Waals surface area contributed by atoms with Gasteiger partial charge in [-0.2, -0.15) is 5.10 Å². The van der Waals surface area contributed by atoms with Crippen molar-refractivity contribution in [2.75, 3.05) is 7.11 Å². The number of carbonyl (C=O) groups excluding carboxylic acids is 1. The number of hydrazone groups is 1. The minimum Gasteiger partial charge on any atom is -0.503 e. The molecule has 0 saturated carbocycles. The fourth-order valence-electron chi connectivity index (χ4n) is 2.32. The minimum atomic E-state index is -0.747. The highest BCUT2D eigenvalue weighted by molar-refractivity contribution is 9.10. The third-order valence-corrected chi connectivity index (χ3v) is 4.95. The van der Waals surface area contributed by atoms with Crippen LogP contribution in [0.2, 0.25) is 5.02 Å². The number of nitrogens with zero attached hydrogens (tertiary/aromatic N) is 1. The molecule has 0 fully saturated rings. The third kappa shape index (κ3) is 5.37. The van der Waals surface area contributed by atoms with E-state index in [1.54, 1.807) is 31.2 Å². The second-order valence-corrected chi connectivity index (χ2v) is 7.15. The van der Waals surface area contributed by atoms with Gasteiger partial charge in [-0.25, -0.2) is 5.43 Å². The van der Waals surface area contributed by atoms with Crippen molar-refractivity contribution in [2.45, 2.75) is 26.9 Å². The van der Waals surface area contributed by atoms with Gasteiger partial charge >= 0.3 is 0 Å². The molecule has 0 aliphatic rings. The average Bonchev–Trinajstić information content (AvgIpc) is 2.62. The van der Waals surface area contributed by atoms with E-state index in [0.717, 1.165) is 11.1 Å². The number of hydrogen-bond acceptors (Lipinski definition) is 5. The molecule has 1 amide bonds. The Morgan fingerprint density at radius 2 is 1.93 bits per heavy atom. The van der Waals surface area contributed by atoms with E-state index in [1.807, 2.05) is 13.8 Å². The molecule has 0 aliphatic carbocycles. The van der Waals surface area contributed by atoms with Crippen molar-refractivity contribution in [2.24, 2.45) is 5.10 Å². The Balaban J connectivity index is 2.01. The zero-order valence-corrected chi connectivity index (χ0v) is 17.7. The number of amides is 1. The predicted octanol–water partition coefficient (Wildman–Crippen LogP) is 4.35. The predicted molar refractivity (Wildman–Crippen MR) is 109 cm³/mol. The molecule has 0 heterocycles. The van der Waals surface area contributed by atoms with Crippen LogP contribution in [-0.4, -0.2) is 30.4 Å². The summed E-state index contributed by atoms with van der Waals surface area (Å²) in [5.41, 5.74) is 4.82. The second-order valence-electron chi connectivity index (χ2n) is 5.92. The van der Waals surface area contributed by atoms with Crippen LogP contribution in [0.25, 0.3) is 0 Å². The maximum Gasteiger partial charge on any atom is 0.280 e. The van der Waals surface area contributed by atoms with Gasteiger partial charge in [-0.15, -0.1) is 0 Å². The highest BCUT2D eigenvalue weighted by atomic mass is 79.9. The Hall–Kier alpha value is -2.25. The number of aryl methyl sites for hydroxylation is 2. The number of ether oxygens (including phenoxy) is 2. The van der Waals surface area contributed by atoms with Gasteiger partial charge in [-0.1, -0.05) is 11.6 Å². The Labute approximate surface area is 171 Å². The molecule has 144 valence electrons. The lowest BCUT2D eigenvalue weighted by Crippen LogP contribution is -2.33. The molecular weight excluding hydrogens is 436 g/mol. The topological polar surface area (TPSA) is 80.2 Å². The van der Waals surface area contributed by atoms with E-state index in [9.17, 15) is 9.90 Å². The summed E-state index contributed by atoms with van der Waals surface area (Å²) in [6, 6.07) is 6.80. The first kappa shape index (κ1) is 21.1. The number of phenols is 1. The molecule has 2 aromatic rings. The molecule has 27 heavy (non-hydrogen) atoms. The molecule has 8 heteroatoms. The first-order valence-corrected chi connectivity index (χ1v) is 9.22. The zero-order chi connectivity index (χ0) is 20.1. The van der Waals surface area contributed by atoms with Crippen molar-refractivity contribution in [1.29, 1.82) is 0 Å². The highest BCUT2D eigenvalue weighted by Crippen LogP contribution is 2.34. The number of carbonyl (C=O) groups is 1. The molecule has 0 bridgehead atoms. The van der Waals surface area contributed by atoms with E-state index in [-0.39, 0.29) is 5.75 Å². The molecule has 1 unspecified atom stereocenters. The molecule has 2 aromatic carbocycles. The quantitative estimate of drug-likeness (QED) is 0.501. The second kappa shape index (κ2) is 9.10. The number of hydrogen-bond donors (Lipinski definition) is 2. The number of benzene rings is 2. The number of rotatable bonds is 6. The van der Waals surface area contributed by atoms with Gasteiger partial charge in [0.25, 0.3) is 5.91 Å². The van der Waals surface area contributed by atoms with Crippen molar-refractivity contribution in [3.8, 4) is 17.2 Å². The van der Waals surface area contributed by atoms with Crippen LogP contribution >= 0.6 is 27.5 Å². The van der Waals surface area contributed by atoms with Crippen molar-refractivity contribution in [3.63, 3.8) is 0 Å². The molecule has 0 spiro atoms. The molecule has 0 radical (unpaired) electrons. The monoisotopic (exact) mass is 454 g/mol. The van der Waals surface area contributed by atoms with Gasteiger partial charge in [0.2, 0.25) is 0 Å². The number of nitrogens with one attached hydrogen (secondary N) is 1. The Morgan fingerprint density at radius 1 is 1.30 bits per heavy atom. The van der Waals surface area contributed by atoms with Gasteiger partial charge in [-0.3, -0.25) is 4.79 Å². The van der Waals surface area contributed by atoms with E-state index >= 15 is 0 Å². The summed E-state index contributed by atoms with van der Waals surface area (Å²) < 4.78 is 11.2. The Morgan fingerprint density at radius 3 is 2.52 bits per heavy atom. The summed E-state index contributed by atoms with van der Waals surface area (Å²) in [4.78, 5) is 12.2. The van der Waals surface area contributed by atoms with E-state index in [2.05, 4.69) is 26.5 Å². The fraction of sp³-hybridized carbons (Fsp3) is 0.263. The highest BCUT2D eigenvalue weighted by Gasteiger charge is 2.15. The lowest BCUT2D eigenvalue weighted by Gasteiger charge is -2.15. The number of methoxy groups -OCH3 is 1. The SMILES string of the molecule is COc1cc(/C=N/NC(=O)C(C)Oc2cc(C)c(Cl)c(C)c2)cc(Br)c1O. The van der Waals surface area contributed by atoms with Crippen LogP contribution in [0.1, 0.15) is 23.6 Å². The maximum atomic E-state index is 12.2. The third-order valence-electron chi connectivity index (χ3n) is 3.75. The molecule has 2 N–H and O–H groups in total. The van der Waals surface area contributed by atoms with Gasteiger partial charge in [0, 0.05) is 5.02 Å². The normalized spacial score (nSPS) is 12.1. The summed E-state index contributed by atoms with van der Waals surface area (Å²) in [5.74, 6) is 0.450. The maximum absolute atomic E-state index is 12.2. The van der Waals surface area contributed by atoms with Crippen LogP contribution in [0.4, 0.5) is 0 Å². The molecule has 0 saturated heterocycles. The first-order chi connectivity index (χ1) is 12.7. The zero-order valence-electron chi connectivity index (χ0n) is 15.3. The van der Waals surface area contributed by atoms with E-state index in [0.29, 0.717) is 26.6 Å². The molecule has 1 atom stereocenters. The first-order valence-electron chi connectivity index (χ1n) is 8.05. The van der Waals surface area contributed by atoms with Gasteiger partial charge in [0.1, 0.15) is 5.75 Å². The molecule has 2 rings (SSSR count). The summed E-state index contributed by atoms with van der Waals surface area (Å²) >= 11 is 9.36. The lowest BCUT2D eigenvalue weighted by molar-refractivity contribution is -0.127. The number of halogens is 2. The van der Waals surface area contributed by atoms with Gasteiger partial charge < -0.3 is 14.6 Å². The van der Waals surface area contributed by atoms with Gasteiger partial charge in [-0.05, 0) is 77.7 Å². The van der Waals surface area contributed by atoms with Crippen molar-refractivity contribution >= 4 is 39.7 Å². The minimum absolute atomic E-state index is 0.00532. The fourth-order valence-corrected chi connectivity index (χ4v) is 2.89. The van der Waals surface area contributed by atoms with Crippen molar-refractivity contribution in [3.05, 3.63) is 50.5 Å². The van der Waals surface area contributed by atoms with E-state index < -0.39 is 12.0 Å². The molecular formula is C19H20BrClN2O4. The van der Waals surface area contributed by atoms with Crippen LogP contribution in [0, 0.1) is 13.8 Å². The standard InChI is InChI=1S/C19H20BrClN2O4/c1-10-5-14(6-11(2)17(10)21)27-12(3)19(25)23-22-9-13-7-15(20)18(24)16(8-13)26-4/h5-9,12,24H,1-4H3,(H,23,25)/b22-9+. The van der Waals surface area contributed by atoms with Crippen LogP contribution < -0.4 is 14.9 Å². The molecule has 0 aromatic heterocycles. The van der Waals surface area contributed by atoms with Crippen molar-refractivity contribution in [1.82, 2.24) is 5.43 Å². The van der Waals surface area contributed by atoms with Crippen molar-refractivity contribution < 1.29 is 19.4 Å². The molecule has 6 nitrogen and oxygen atoms in total. The van der Waals surface area contributed by atoms with E-state index in [4.69, 9.17) is 21.1 Å². The van der Waals surface area contributed by atoms with Gasteiger partial charge in [0.15, 0.2) is 17.6 Å². The van der Waals surface area contributed by atoms with Crippen LogP contribution in [0.15, 0.2) is 33.8 Å². The lowest BCUT2D eigenvalue weighted by atomic mass is 10.1. The summed E-state index contributed by atoms with van der Waals surface area (Å²) in [6.07, 6.45) is 0.691. The van der Waals surface area contributed by atoms with E-state index in [1.165, 1.54) is 13.3 Å². The summed E-state index contributed by atoms with van der Waals surface area (Å²) in [5, 5.41) is 14.4. The average molecular weight is 456 g/mol. The van der Waals surface area contributed by atoms with Gasteiger partial charge in [0.05, 0.1) is 17.8 Å². The summed E-state index contributed by atoms with van der Waals surface area (Å²) in [7, 11) is 1.45. The summed E-state index contributed by atoms with van der Waals surface area (Å²) in [6.45, 7) is 5.38. The largest absolute Gasteiger partial charge is 0.503 e. The smallest absolute Gasteiger partial charge is 0.280 e. The molecule has 0 aliphatic heterocycles.